The molecule has 0 bridgehead atoms. The number of ether oxygens (including phenoxy) is 1. The van der Waals surface area contributed by atoms with E-state index in [4.69, 9.17) is 4.74 Å². The number of hydrogen-bond acceptors (Lipinski definition) is 4. The van der Waals surface area contributed by atoms with Crippen LogP contribution in [0.2, 0.25) is 0 Å². The number of hydrogen-bond donors (Lipinski definition) is 1. The molecule has 0 aliphatic heterocycles. The van der Waals surface area contributed by atoms with Gasteiger partial charge in [0, 0.05) is 19.2 Å². The minimum absolute atomic E-state index is 0.326. The van der Waals surface area contributed by atoms with Gasteiger partial charge in [-0.3, -0.25) is 5.32 Å². The standard InChI is InChI=1S/C17H31N3O/c1-17(14-18,19-16-7-8-16)9-3-4-10-20(2)11-12-21-13-15-5-6-15/h15-16,19H,3-13H2,1-2H3. The lowest BCUT2D eigenvalue weighted by Crippen LogP contribution is -2.42. The van der Waals surface area contributed by atoms with Crippen molar-refractivity contribution in [2.75, 3.05) is 33.4 Å². The fourth-order valence-electron chi connectivity index (χ4n) is 2.57. The first kappa shape index (κ1) is 16.7. The largest absolute Gasteiger partial charge is 0.380 e. The van der Waals surface area contributed by atoms with Crippen molar-refractivity contribution in [3.05, 3.63) is 0 Å². The van der Waals surface area contributed by atoms with Gasteiger partial charge in [-0.1, -0.05) is 0 Å². The fraction of sp³-hybridized carbons (Fsp3) is 0.941. The van der Waals surface area contributed by atoms with Crippen LogP contribution < -0.4 is 5.32 Å². The third kappa shape index (κ3) is 7.26. The maximum absolute atomic E-state index is 9.32. The molecule has 4 nitrogen and oxygen atoms in total. The highest BCUT2D eigenvalue weighted by atomic mass is 16.5. The normalized spacial score (nSPS) is 21.2. The summed E-state index contributed by atoms with van der Waals surface area (Å²) in [5, 5.41) is 12.8. The van der Waals surface area contributed by atoms with Crippen LogP contribution in [0.25, 0.3) is 0 Å². The van der Waals surface area contributed by atoms with Gasteiger partial charge in [0.15, 0.2) is 0 Å². The molecule has 0 aromatic rings. The second-order valence-electron chi connectivity index (χ2n) is 7.14. The Bertz CT molecular complexity index is 346. The molecule has 2 rings (SSSR count). The number of rotatable bonds is 12. The van der Waals surface area contributed by atoms with Crippen LogP contribution >= 0.6 is 0 Å². The van der Waals surface area contributed by atoms with E-state index in [-0.39, 0.29) is 5.54 Å². The van der Waals surface area contributed by atoms with Crippen LogP contribution in [-0.2, 0) is 4.74 Å². The zero-order chi connectivity index (χ0) is 15.1. The van der Waals surface area contributed by atoms with Crippen LogP contribution in [0.1, 0.15) is 51.9 Å². The van der Waals surface area contributed by atoms with Gasteiger partial charge in [0.05, 0.1) is 12.7 Å². The second kappa shape index (κ2) is 8.12. The predicted octanol–water partition coefficient (Wildman–Crippen LogP) is 2.55. The Balaban J connectivity index is 1.46. The Morgan fingerprint density at radius 2 is 2.00 bits per heavy atom. The summed E-state index contributed by atoms with van der Waals surface area (Å²) in [6, 6.07) is 3.05. The molecule has 0 aromatic carbocycles. The minimum atomic E-state index is -0.326. The maximum Gasteiger partial charge on any atom is 0.104 e. The Kier molecular flexibility index (Phi) is 6.47. The van der Waals surface area contributed by atoms with Gasteiger partial charge in [-0.05, 0) is 71.4 Å². The van der Waals surface area contributed by atoms with E-state index in [1.54, 1.807) is 0 Å². The quantitative estimate of drug-likeness (QED) is 0.562. The lowest BCUT2D eigenvalue weighted by atomic mass is 9.96. The van der Waals surface area contributed by atoms with Crippen LogP contribution in [0.3, 0.4) is 0 Å². The number of nitriles is 1. The van der Waals surface area contributed by atoms with E-state index >= 15 is 0 Å². The van der Waals surface area contributed by atoms with Gasteiger partial charge in [-0.15, -0.1) is 0 Å². The van der Waals surface area contributed by atoms with E-state index in [0.29, 0.717) is 6.04 Å². The van der Waals surface area contributed by atoms with E-state index < -0.39 is 0 Å². The zero-order valence-corrected chi connectivity index (χ0v) is 13.7. The molecule has 21 heavy (non-hydrogen) atoms. The molecule has 2 saturated carbocycles. The average Bonchev–Trinajstić information content (AvgIpc) is 3.35. The second-order valence-corrected chi connectivity index (χ2v) is 7.14. The third-order valence-corrected chi connectivity index (χ3v) is 4.48. The van der Waals surface area contributed by atoms with Crippen molar-refractivity contribution in [2.45, 2.75) is 63.5 Å². The predicted molar refractivity (Wildman–Crippen MR) is 85.1 cm³/mol. The van der Waals surface area contributed by atoms with Gasteiger partial charge in [-0.25, -0.2) is 0 Å². The zero-order valence-electron chi connectivity index (χ0n) is 13.7. The average molecular weight is 293 g/mol. The smallest absolute Gasteiger partial charge is 0.104 e. The highest BCUT2D eigenvalue weighted by Crippen LogP contribution is 2.28. The minimum Gasteiger partial charge on any atom is -0.380 e. The summed E-state index contributed by atoms with van der Waals surface area (Å²) in [7, 11) is 2.16. The third-order valence-electron chi connectivity index (χ3n) is 4.48. The van der Waals surface area contributed by atoms with E-state index in [9.17, 15) is 5.26 Å². The maximum atomic E-state index is 9.32. The van der Waals surface area contributed by atoms with Gasteiger partial charge >= 0.3 is 0 Å². The molecule has 2 aliphatic carbocycles. The number of nitrogens with zero attached hydrogens (tertiary/aromatic N) is 2. The summed E-state index contributed by atoms with van der Waals surface area (Å²) in [5.41, 5.74) is -0.326. The first-order valence-corrected chi connectivity index (χ1v) is 8.56. The van der Waals surface area contributed by atoms with Crippen molar-refractivity contribution in [3.63, 3.8) is 0 Å². The van der Waals surface area contributed by atoms with Crippen molar-refractivity contribution in [3.8, 4) is 6.07 Å². The molecule has 0 spiro atoms. The number of unbranched alkanes of at least 4 members (excludes halogenated alkanes) is 1. The molecular formula is C17H31N3O. The highest BCUT2D eigenvalue weighted by molar-refractivity contribution is 5.06. The molecule has 1 N–H and O–H groups in total. The van der Waals surface area contributed by atoms with Crippen LogP contribution in [0.4, 0.5) is 0 Å². The van der Waals surface area contributed by atoms with Crippen molar-refractivity contribution < 1.29 is 4.74 Å². The van der Waals surface area contributed by atoms with E-state index in [0.717, 1.165) is 51.5 Å². The van der Waals surface area contributed by atoms with E-state index in [1.807, 2.05) is 6.92 Å². The summed E-state index contributed by atoms with van der Waals surface area (Å²) >= 11 is 0. The Labute approximate surface area is 129 Å². The Hall–Kier alpha value is -0.630. The monoisotopic (exact) mass is 293 g/mol. The molecule has 4 heteroatoms. The van der Waals surface area contributed by atoms with Crippen molar-refractivity contribution >= 4 is 0 Å². The van der Waals surface area contributed by atoms with Crippen molar-refractivity contribution in [1.29, 1.82) is 5.26 Å². The Morgan fingerprint density at radius 3 is 2.62 bits per heavy atom. The first-order chi connectivity index (χ1) is 10.1. The van der Waals surface area contributed by atoms with Crippen molar-refractivity contribution in [1.82, 2.24) is 10.2 Å². The molecule has 2 aliphatic rings. The van der Waals surface area contributed by atoms with Crippen LogP contribution in [0.5, 0.6) is 0 Å². The molecule has 0 saturated heterocycles. The first-order valence-electron chi connectivity index (χ1n) is 8.56. The summed E-state index contributed by atoms with van der Waals surface area (Å²) in [6.45, 7) is 5.97. The number of nitrogens with one attached hydrogen (secondary N) is 1. The van der Waals surface area contributed by atoms with Crippen LogP contribution in [0, 0.1) is 17.2 Å². The molecule has 0 aromatic heterocycles. The summed E-state index contributed by atoms with van der Waals surface area (Å²) < 4.78 is 5.66. The molecule has 1 atom stereocenters. The van der Waals surface area contributed by atoms with Gasteiger partial charge in [-0.2, -0.15) is 5.26 Å². The molecule has 1 unspecified atom stereocenters. The topological polar surface area (TPSA) is 48.3 Å². The van der Waals surface area contributed by atoms with Gasteiger partial charge in [0.25, 0.3) is 0 Å². The van der Waals surface area contributed by atoms with Gasteiger partial charge in [0.2, 0.25) is 0 Å². The van der Waals surface area contributed by atoms with E-state index in [2.05, 4.69) is 23.3 Å². The molecule has 2 fully saturated rings. The number of likely N-dealkylation sites (N-methyl/N-ethyl adjacent to an activating group) is 1. The summed E-state index contributed by atoms with van der Waals surface area (Å²) in [6.07, 6.45) is 8.42. The van der Waals surface area contributed by atoms with Crippen LogP contribution in [-0.4, -0.2) is 49.8 Å². The molecule has 0 heterocycles. The lowest BCUT2D eigenvalue weighted by Gasteiger charge is -2.24. The van der Waals surface area contributed by atoms with Gasteiger partial charge in [0.1, 0.15) is 5.54 Å². The van der Waals surface area contributed by atoms with Crippen molar-refractivity contribution in [2.24, 2.45) is 5.92 Å². The molecule has 0 amide bonds. The summed E-state index contributed by atoms with van der Waals surface area (Å²) in [5.74, 6) is 0.859. The highest BCUT2D eigenvalue weighted by Gasteiger charge is 2.31. The lowest BCUT2D eigenvalue weighted by molar-refractivity contribution is 0.103. The van der Waals surface area contributed by atoms with Gasteiger partial charge < -0.3 is 9.64 Å². The van der Waals surface area contributed by atoms with E-state index in [1.165, 1.54) is 25.7 Å². The summed E-state index contributed by atoms with van der Waals surface area (Å²) in [4.78, 5) is 2.34. The molecule has 0 radical (unpaired) electrons. The Morgan fingerprint density at radius 1 is 1.24 bits per heavy atom. The molecular weight excluding hydrogens is 262 g/mol. The van der Waals surface area contributed by atoms with Crippen LogP contribution in [0.15, 0.2) is 0 Å². The fourth-order valence-corrected chi connectivity index (χ4v) is 2.57. The molecule has 120 valence electrons. The SMILES string of the molecule is CN(CCCCC(C)(C#N)NC1CC1)CCOCC1CC1.